The van der Waals surface area contributed by atoms with Crippen LogP contribution in [-0.4, -0.2) is 42.6 Å². The van der Waals surface area contributed by atoms with Crippen molar-refractivity contribution in [2.75, 3.05) is 25.7 Å². The number of methoxy groups -OCH3 is 2. The number of amides is 1. The Labute approximate surface area is 197 Å². The van der Waals surface area contributed by atoms with Gasteiger partial charge in [0.05, 0.1) is 38.1 Å². The first-order valence-electron chi connectivity index (χ1n) is 10.7. The number of ether oxygens (including phenoxy) is 3. The van der Waals surface area contributed by atoms with Crippen LogP contribution in [0.15, 0.2) is 72.6 Å². The quantitative estimate of drug-likeness (QED) is 0.322. The van der Waals surface area contributed by atoms with E-state index in [0.717, 1.165) is 0 Å². The summed E-state index contributed by atoms with van der Waals surface area (Å²) in [6, 6.07) is 14.3. The van der Waals surface area contributed by atoms with E-state index in [0.29, 0.717) is 40.7 Å². The van der Waals surface area contributed by atoms with Crippen molar-refractivity contribution >= 4 is 23.1 Å². The summed E-state index contributed by atoms with van der Waals surface area (Å²) in [6.45, 7) is 2.24. The number of carbonyl (C=O) groups is 2. The minimum Gasteiger partial charge on any atom is -0.507 e. The molecule has 2 heterocycles. The second-order valence-corrected chi connectivity index (χ2v) is 7.42. The average Bonchev–Trinajstić information content (AvgIpc) is 3.14. The van der Waals surface area contributed by atoms with Crippen molar-refractivity contribution in [3.63, 3.8) is 0 Å². The number of carbonyl (C=O) groups excluding carboxylic acids is 2. The highest BCUT2D eigenvalue weighted by Crippen LogP contribution is 2.46. The van der Waals surface area contributed by atoms with Crippen molar-refractivity contribution in [3.8, 4) is 17.2 Å². The number of benzene rings is 2. The zero-order chi connectivity index (χ0) is 24.2. The van der Waals surface area contributed by atoms with E-state index in [9.17, 15) is 14.7 Å². The number of hydrogen-bond donors (Lipinski definition) is 1. The van der Waals surface area contributed by atoms with Crippen molar-refractivity contribution in [1.82, 2.24) is 4.98 Å². The van der Waals surface area contributed by atoms with Gasteiger partial charge in [0, 0.05) is 18.0 Å². The summed E-state index contributed by atoms with van der Waals surface area (Å²) in [5, 5.41) is 11.2. The van der Waals surface area contributed by atoms with Crippen LogP contribution in [0, 0.1) is 0 Å². The van der Waals surface area contributed by atoms with Crippen LogP contribution in [0.3, 0.4) is 0 Å². The number of anilines is 1. The summed E-state index contributed by atoms with van der Waals surface area (Å²) in [6.07, 6.45) is 3.00. The minimum atomic E-state index is -0.936. The van der Waals surface area contributed by atoms with Gasteiger partial charge in [-0.1, -0.05) is 18.2 Å². The summed E-state index contributed by atoms with van der Waals surface area (Å²) in [5.74, 6) is -0.502. The Kier molecular flexibility index (Phi) is 6.49. The first kappa shape index (κ1) is 22.8. The Bertz CT molecular complexity index is 1260. The molecule has 1 amide bonds. The fraction of sp³-hybridized carbons (Fsp3) is 0.192. The molecule has 1 saturated heterocycles. The average molecular weight is 460 g/mol. The topological polar surface area (TPSA) is 98.2 Å². The number of aromatic nitrogens is 1. The zero-order valence-electron chi connectivity index (χ0n) is 19.0. The van der Waals surface area contributed by atoms with E-state index >= 15 is 0 Å². The number of nitrogens with zero attached hydrogens (tertiary/aromatic N) is 2. The number of hydrogen-bond acceptors (Lipinski definition) is 7. The van der Waals surface area contributed by atoms with Crippen LogP contribution in [0.4, 0.5) is 5.69 Å². The summed E-state index contributed by atoms with van der Waals surface area (Å²) in [4.78, 5) is 31.9. The molecule has 0 bridgehead atoms. The van der Waals surface area contributed by atoms with Gasteiger partial charge in [0.1, 0.15) is 11.5 Å². The van der Waals surface area contributed by atoms with Crippen LogP contribution >= 0.6 is 0 Å². The van der Waals surface area contributed by atoms with Gasteiger partial charge in [-0.15, -0.1) is 0 Å². The molecule has 1 aromatic heterocycles. The summed E-state index contributed by atoms with van der Waals surface area (Å²) in [7, 11) is 3.02. The fourth-order valence-corrected chi connectivity index (χ4v) is 4.02. The molecule has 1 fully saturated rings. The lowest BCUT2D eigenvalue weighted by atomic mass is 9.95. The van der Waals surface area contributed by atoms with E-state index in [1.54, 1.807) is 54.6 Å². The maximum Gasteiger partial charge on any atom is 0.300 e. The molecule has 0 radical (unpaired) electrons. The second-order valence-electron chi connectivity index (χ2n) is 7.42. The first-order valence-corrected chi connectivity index (χ1v) is 10.7. The van der Waals surface area contributed by atoms with Gasteiger partial charge in [-0.3, -0.25) is 19.5 Å². The molecule has 0 spiro atoms. The van der Waals surface area contributed by atoms with E-state index in [-0.39, 0.29) is 11.3 Å². The smallest absolute Gasteiger partial charge is 0.300 e. The molecule has 1 N–H and O–H groups in total. The minimum absolute atomic E-state index is 0.0466. The molecule has 174 valence electrons. The van der Waals surface area contributed by atoms with E-state index < -0.39 is 17.7 Å². The van der Waals surface area contributed by atoms with Gasteiger partial charge in [-0.2, -0.15) is 0 Å². The lowest BCUT2D eigenvalue weighted by Crippen LogP contribution is -2.29. The summed E-state index contributed by atoms with van der Waals surface area (Å²) < 4.78 is 16.6. The van der Waals surface area contributed by atoms with Crippen molar-refractivity contribution < 1.29 is 28.9 Å². The van der Waals surface area contributed by atoms with Crippen LogP contribution in [0.25, 0.3) is 5.76 Å². The molecule has 0 aliphatic carbocycles. The van der Waals surface area contributed by atoms with Gasteiger partial charge < -0.3 is 19.3 Å². The molecule has 0 saturated carbocycles. The summed E-state index contributed by atoms with van der Waals surface area (Å²) in [5.41, 5.74) is 1.29. The standard InChI is InChI=1S/C26H24N2O6/c1-4-34-21-15-17(9-10-20(21)33-3)23-22(24(29)16-11-13-27-14-12-16)25(30)26(31)28(23)18-7-5-6-8-19(18)32-2/h5-15,23,29H,4H2,1-3H3/b24-22-. The molecule has 1 unspecified atom stereocenters. The zero-order valence-corrected chi connectivity index (χ0v) is 19.0. The van der Waals surface area contributed by atoms with Crippen LogP contribution in [0.5, 0.6) is 17.2 Å². The van der Waals surface area contributed by atoms with Gasteiger partial charge in [-0.25, -0.2) is 0 Å². The Morgan fingerprint density at radius 3 is 2.35 bits per heavy atom. The number of para-hydroxylation sites is 2. The van der Waals surface area contributed by atoms with Crippen molar-refractivity contribution in [2.24, 2.45) is 0 Å². The molecule has 34 heavy (non-hydrogen) atoms. The van der Waals surface area contributed by atoms with E-state index in [2.05, 4.69) is 4.98 Å². The predicted octanol–water partition coefficient (Wildman–Crippen LogP) is 4.12. The fourth-order valence-electron chi connectivity index (χ4n) is 4.02. The third kappa shape index (κ3) is 3.94. The number of Topliss-reactive ketones (excluding diaryl/α,β-unsaturated/α-hetero) is 1. The monoisotopic (exact) mass is 460 g/mol. The number of aliphatic hydroxyl groups excluding tert-OH is 1. The largest absolute Gasteiger partial charge is 0.507 e. The predicted molar refractivity (Wildman–Crippen MR) is 126 cm³/mol. The van der Waals surface area contributed by atoms with Crippen molar-refractivity contribution in [1.29, 1.82) is 0 Å². The Balaban J connectivity index is 1.99. The number of rotatable bonds is 7. The molecular weight excluding hydrogens is 436 g/mol. The Morgan fingerprint density at radius 2 is 1.68 bits per heavy atom. The van der Waals surface area contributed by atoms with Gasteiger partial charge >= 0.3 is 0 Å². The number of pyridine rings is 1. The van der Waals surface area contributed by atoms with Crippen molar-refractivity contribution in [2.45, 2.75) is 13.0 Å². The van der Waals surface area contributed by atoms with Gasteiger partial charge in [-0.05, 0) is 48.9 Å². The molecule has 1 atom stereocenters. The molecule has 8 heteroatoms. The maximum absolute atomic E-state index is 13.3. The van der Waals surface area contributed by atoms with Crippen LogP contribution in [0.1, 0.15) is 24.1 Å². The highest BCUT2D eigenvalue weighted by atomic mass is 16.5. The molecule has 3 aromatic rings. The number of ketones is 1. The maximum atomic E-state index is 13.3. The van der Waals surface area contributed by atoms with Crippen LogP contribution in [-0.2, 0) is 9.59 Å². The van der Waals surface area contributed by atoms with E-state index in [4.69, 9.17) is 14.2 Å². The van der Waals surface area contributed by atoms with E-state index in [1.807, 2.05) is 6.92 Å². The molecular formula is C26H24N2O6. The number of aliphatic hydroxyl groups is 1. The van der Waals surface area contributed by atoms with Gasteiger partial charge in [0.15, 0.2) is 11.5 Å². The summed E-state index contributed by atoms with van der Waals surface area (Å²) >= 11 is 0. The molecule has 1 aliphatic heterocycles. The Hall–Kier alpha value is -4.33. The highest BCUT2D eigenvalue weighted by Gasteiger charge is 2.48. The molecule has 2 aromatic carbocycles. The van der Waals surface area contributed by atoms with Gasteiger partial charge in [0.25, 0.3) is 11.7 Å². The third-order valence-electron chi connectivity index (χ3n) is 5.55. The molecule has 4 rings (SSSR count). The Morgan fingerprint density at radius 1 is 0.971 bits per heavy atom. The van der Waals surface area contributed by atoms with Crippen LogP contribution in [0.2, 0.25) is 0 Å². The molecule has 8 nitrogen and oxygen atoms in total. The third-order valence-corrected chi connectivity index (χ3v) is 5.55. The highest BCUT2D eigenvalue weighted by molar-refractivity contribution is 6.51. The lowest BCUT2D eigenvalue weighted by molar-refractivity contribution is -0.132. The SMILES string of the molecule is CCOc1cc(C2/C(=C(/O)c3ccncc3)C(=O)C(=O)N2c2ccccc2OC)ccc1OC. The van der Waals surface area contributed by atoms with Crippen LogP contribution < -0.4 is 19.1 Å². The lowest BCUT2D eigenvalue weighted by Gasteiger charge is -2.27. The first-order chi connectivity index (χ1) is 16.5. The normalized spacial score (nSPS) is 17.0. The second kappa shape index (κ2) is 9.66. The van der Waals surface area contributed by atoms with E-state index in [1.165, 1.54) is 31.5 Å². The van der Waals surface area contributed by atoms with Gasteiger partial charge in [0.2, 0.25) is 0 Å². The molecule has 1 aliphatic rings. The van der Waals surface area contributed by atoms with Crippen molar-refractivity contribution in [3.05, 3.63) is 83.7 Å².